The first-order valence-electron chi connectivity index (χ1n) is 10.8. The fourth-order valence-corrected chi connectivity index (χ4v) is 3.76. The highest BCUT2D eigenvalue weighted by Gasteiger charge is 2.20. The van der Waals surface area contributed by atoms with E-state index in [0.717, 1.165) is 16.7 Å². The van der Waals surface area contributed by atoms with E-state index >= 15 is 0 Å². The van der Waals surface area contributed by atoms with Gasteiger partial charge in [-0.3, -0.25) is 14.4 Å². The highest BCUT2D eigenvalue weighted by Crippen LogP contribution is 2.28. The molecule has 9 heteroatoms. The van der Waals surface area contributed by atoms with E-state index in [1.54, 1.807) is 22.8 Å². The minimum absolute atomic E-state index is 0.150. The maximum Gasteiger partial charge on any atom is 0.274 e. The highest BCUT2D eigenvalue weighted by molar-refractivity contribution is 5.99. The van der Waals surface area contributed by atoms with Crippen LogP contribution in [-0.2, 0) is 4.84 Å². The SMILES string of the molecule is CONC(=O)c1ccc(C)c(Nc2ncnn3cc(C(=O)N[C@H](C)c4ccccc4)c(C)c23)c1. The third-order valence-electron chi connectivity index (χ3n) is 5.67. The second-order valence-corrected chi connectivity index (χ2v) is 7.97. The third-order valence-corrected chi connectivity index (χ3v) is 5.67. The lowest BCUT2D eigenvalue weighted by molar-refractivity contribution is 0.0537. The summed E-state index contributed by atoms with van der Waals surface area (Å²) < 4.78 is 1.63. The summed E-state index contributed by atoms with van der Waals surface area (Å²) in [5.41, 5.74) is 7.31. The summed E-state index contributed by atoms with van der Waals surface area (Å²) in [7, 11) is 1.38. The summed E-state index contributed by atoms with van der Waals surface area (Å²) >= 11 is 0. The number of hydrogen-bond acceptors (Lipinski definition) is 6. The topological polar surface area (TPSA) is 110 Å². The predicted octanol–water partition coefficient (Wildman–Crippen LogP) is 3.87. The number of hydrogen-bond donors (Lipinski definition) is 3. The lowest BCUT2D eigenvalue weighted by atomic mass is 10.1. The Hall–Kier alpha value is -4.24. The van der Waals surface area contributed by atoms with Gasteiger partial charge in [-0.2, -0.15) is 5.10 Å². The number of carbonyl (C=O) groups is 2. The lowest BCUT2D eigenvalue weighted by Gasteiger charge is -2.14. The minimum Gasteiger partial charge on any atom is -0.345 e. The summed E-state index contributed by atoms with van der Waals surface area (Å²) in [4.78, 5) is 34.3. The van der Waals surface area contributed by atoms with Crippen molar-refractivity contribution >= 4 is 28.8 Å². The number of nitrogens with one attached hydrogen (secondary N) is 3. The van der Waals surface area contributed by atoms with E-state index in [1.807, 2.05) is 57.2 Å². The van der Waals surface area contributed by atoms with Gasteiger partial charge in [-0.15, -0.1) is 0 Å². The Morgan fingerprint density at radius 1 is 1.06 bits per heavy atom. The van der Waals surface area contributed by atoms with Gasteiger partial charge in [0, 0.05) is 17.4 Å². The van der Waals surface area contributed by atoms with E-state index in [-0.39, 0.29) is 17.9 Å². The summed E-state index contributed by atoms with van der Waals surface area (Å²) in [5, 5.41) is 10.6. The first-order chi connectivity index (χ1) is 16.4. The molecule has 0 fully saturated rings. The van der Waals surface area contributed by atoms with Crippen molar-refractivity contribution in [1.29, 1.82) is 0 Å². The van der Waals surface area contributed by atoms with Crippen molar-refractivity contribution in [3.8, 4) is 0 Å². The number of fused-ring (bicyclic) bond motifs is 1. The number of carbonyl (C=O) groups excluding carboxylic acids is 2. The molecule has 2 heterocycles. The predicted molar refractivity (Wildman–Crippen MR) is 129 cm³/mol. The van der Waals surface area contributed by atoms with Gasteiger partial charge < -0.3 is 10.6 Å². The second kappa shape index (κ2) is 9.72. The van der Waals surface area contributed by atoms with Crippen molar-refractivity contribution < 1.29 is 14.4 Å². The van der Waals surface area contributed by atoms with E-state index in [9.17, 15) is 9.59 Å². The molecule has 0 spiro atoms. The van der Waals surface area contributed by atoms with Crippen LogP contribution in [0.1, 0.15) is 50.4 Å². The Labute approximate surface area is 197 Å². The van der Waals surface area contributed by atoms with Crippen LogP contribution < -0.4 is 16.1 Å². The molecule has 34 heavy (non-hydrogen) atoms. The molecule has 1 atom stereocenters. The molecule has 2 aromatic heterocycles. The van der Waals surface area contributed by atoms with Crippen LogP contribution in [0.3, 0.4) is 0 Å². The zero-order chi connectivity index (χ0) is 24.2. The van der Waals surface area contributed by atoms with Crippen LogP contribution in [0.2, 0.25) is 0 Å². The number of amides is 2. The van der Waals surface area contributed by atoms with Gasteiger partial charge >= 0.3 is 0 Å². The molecule has 0 radical (unpaired) electrons. The molecule has 174 valence electrons. The molecule has 4 aromatic rings. The molecule has 0 aliphatic carbocycles. The molecular formula is C25H26N6O3. The van der Waals surface area contributed by atoms with Crippen molar-refractivity contribution in [2.75, 3.05) is 12.4 Å². The van der Waals surface area contributed by atoms with Crippen molar-refractivity contribution in [3.63, 3.8) is 0 Å². The molecule has 0 bridgehead atoms. The number of hydroxylamine groups is 1. The number of benzene rings is 2. The summed E-state index contributed by atoms with van der Waals surface area (Å²) in [6.45, 7) is 5.73. The number of anilines is 2. The average molecular weight is 459 g/mol. The van der Waals surface area contributed by atoms with Crippen molar-refractivity contribution in [3.05, 3.63) is 88.9 Å². The Balaban J connectivity index is 1.64. The van der Waals surface area contributed by atoms with Gasteiger partial charge in [0.15, 0.2) is 5.82 Å². The van der Waals surface area contributed by atoms with E-state index in [0.29, 0.717) is 28.1 Å². The van der Waals surface area contributed by atoms with Gasteiger partial charge in [0.1, 0.15) is 11.8 Å². The number of aryl methyl sites for hydroxylation is 2. The Kier molecular flexibility index (Phi) is 6.55. The third kappa shape index (κ3) is 4.60. The quantitative estimate of drug-likeness (QED) is 0.363. The van der Waals surface area contributed by atoms with Crippen LogP contribution in [0.25, 0.3) is 5.52 Å². The largest absolute Gasteiger partial charge is 0.345 e. The van der Waals surface area contributed by atoms with Crippen molar-refractivity contribution in [2.24, 2.45) is 0 Å². The van der Waals surface area contributed by atoms with Crippen LogP contribution in [0.5, 0.6) is 0 Å². The van der Waals surface area contributed by atoms with Crippen LogP contribution in [-0.4, -0.2) is 33.5 Å². The second-order valence-electron chi connectivity index (χ2n) is 7.97. The molecule has 4 rings (SSSR count). The maximum atomic E-state index is 13.1. The lowest BCUT2D eigenvalue weighted by Crippen LogP contribution is -2.26. The summed E-state index contributed by atoms with van der Waals surface area (Å²) in [6, 6.07) is 14.9. The van der Waals surface area contributed by atoms with Crippen molar-refractivity contribution in [2.45, 2.75) is 26.8 Å². The summed E-state index contributed by atoms with van der Waals surface area (Å²) in [5.74, 6) is -0.0291. The molecular weight excluding hydrogens is 432 g/mol. The smallest absolute Gasteiger partial charge is 0.274 e. The molecule has 0 aliphatic rings. The van der Waals surface area contributed by atoms with E-state index in [2.05, 4.69) is 26.2 Å². The fraction of sp³-hybridized carbons (Fsp3) is 0.200. The fourth-order valence-electron chi connectivity index (χ4n) is 3.76. The van der Waals surface area contributed by atoms with Crippen LogP contribution >= 0.6 is 0 Å². The number of rotatable bonds is 7. The Morgan fingerprint density at radius 2 is 1.82 bits per heavy atom. The molecule has 0 aliphatic heterocycles. The van der Waals surface area contributed by atoms with Gasteiger partial charge in [0.25, 0.3) is 11.8 Å². The first-order valence-corrected chi connectivity index (χ1v) is 10.8. The Bertz CT molecular complexity index is 1350. The number of nitrogens with zero attached hydrogens (tertiary/aromatic N) is 3. The van der Waals surface area contributed by atoms with Crippen LogP contribution in [0.15, 0.2) is 61.1 Å². The molecule has 0 saturated carbocycles. The molecule has 0 unspecified atom stereocenters. The normalized spacial score (nSPS) is 11.8. The molecule has 3 N–H and O–H groups in total. The molecule has 2 amide bonds. The highest BCUT2D eigenvalue weighted by atomic mass is 16.6. The molecule has 9 nitrogen and oxygen atoms in total. The minimum atomic E-state index is -0.358. The van der Waals surface area contributed by atoms with Crippen molar-refractivity contribution in [1.82, 2.24) is 25.4 Å². The van der Waals surface area contributed by atoms with E-state index in [4.69, 9.17) is 4.84 Å². The van der Waals surface area contributed by atoms with Gasteiger partial charge in [-0.25, -0.2) is 15.0 Å². The monoisotopic (exact) mass is 458 g/mol. The zero-order valence-corrected chi connectivity index (χ0v) is 19.4. The maximum absolute atomic E-state index is 13.1. The van der Waals surface area contributed by atoms with Gasteiger partial charge in [0.05, 0.1) is 18.7 Å². The van der Waals surface area contributed by atoms with E-state index in [1.165, 1.54) is 13.4 Å². The van der Waals surface area contributed by atoms with Crippen LogP contribution in [0, 0.1) is 13.8 Å². The van der Waals surface area contributed by atoms with E-state index < -0.39 is 0 Å². The summed E-state index contributed by atoms with van der Waals surface area (Å²) in [6.07, 6.45) is 3.11. The van der Waals surface area contributed by atoms with Gasteiger partial charge in [-0.05, 0) is 49.6 Å². The molecule has 0 saturated heterocycles. The standard InChI is InChI=1S/C25H26N6O3/c1-15-10-11-19(24(32)30-34-4)12-21(15)29-23-22-16(2)20(13-31(22)27-14-26-23)25(33)28-17(3)18-8-6-5-7-9-18/h5-14,17H,1-4H3,(H,28,33)(H,30,32)(H,26,27,29)/t17-/m1/s1. The average Bonchev–Trinajstić information content (AvgIpc) is 3.18. The van der Waals surface area contributed by atoms with Gasteiger partial charge in [-0.1, -0.05) is 36.4 Å². The Morgan fingerprint density at radius 3 is 2.56 bits per heavy atom. The first kappa shape index (κ1) is 22.9. The van der Waals surface area contributed by atoms with Gasteiger partial charge in [0.2, 0.25) is 0 Å². The van der Waals surface area contributed by atoms with Crippen LogP contribution in [0.4, 0.5) is 11.5 Å². The number of aromatic nitrogens is 3. The molecule has 2 aromatic carbocycles. The zero-order valence-electron chi connectivity index (χ0n) is 19.4.